The van der Waals surface area contributed by atoms with Crippen molar-refractivity contribution in [3.05, 3.63) is 76.8 Å². The van der Waals surface area contributed by atoms with Crippen molar-refractivity contribution < 1.29 is 13.9 Å². The van der Waals surface area contributed by atoms with Gasteiger partial charge < -0.3 is 4.74 Å². The van der Waals surface area contributed by atoms with Crippen molar-refractivity contribution in [1.82, 2.24) is 0 Å². The van der Waals surface area contributed by atoms with Gasteiger partial charge in [0.1, 0.15) is 17.3 Å². The number of ether oxygens (including phenoxy) is 1. The van der Waals surface area contributed by atoms with Crippen molar-refractivity contribution in [3.63, 3.8) is 0 Å². The molecule has 0 radical (unpaired) electrons. The fourth-order valence-corrected chi connectivity index (χ4v) is 3.22. The lowest BCUT2D eigenvalue weighted by molar-refractivity contribution is -0.116. The molecule has 0 fully saturated rings. The molecule has 24 heavy (non-hydrogen) atoms. The summed E-state index contributed by atoms with van der Waals surface area (Å²) in [6.45, 7) is 0. The molecule has 2 aromatic carbocycles. The van der Waals surface area contributed by atoms with E-state index in [1.54, 1.807) is 6.07 Å². The fourth-order valence-electron chi connectivity index (χ4n) is 3.22. The molecule has 0 spiro atoms. The van der Waals surface area contributed by atoms with E-state index in [1.165, 1.54) is 12.1 Å². The number of carbonyl (C=O) groups is 1. The minimum Gasteiger partial charge on any atom is -0.461 e. The van der Waals surface area contributed by atoms with E-state index in [-0.39, 0.29) is 11.6 Å². The molecule has 1 aliphatic heterocycles. The van der Waals surface area contributed by atoms with E-state index in [2.05, 4.69) is 11.8 Å². The highest BCUT2D eigenvalue weighted by Gasteiger charge is 2.35. The minimum absolute atomic E-state index is 0.0542. The molecule has 2 nitrogen and oxygen atoms in total. The molecular weight excluding hydrogens is 303 g/mol. The monoisotopic (exact) mass is 318 g/mol. The van der Waals surface area contributed by atoms with Gasteiger partial charge in [0.25, 0.3) is 0 Å². The normalized spacial score (nSPS) is 18.9. The van der Waals surface area contributed by atoms with Crippen molar-refractivity contribution >= 4 is 5.78 Å². The predicted octanol–water partition coefficient (Wildman–Crippen LogP) is 4.36. The maximum absolute atomic E-state index is 13.7. The molecule has 1 unspecified atom stereocenters. The van der Waals surface area contributed by atoms with Gasteiger partial charge in [0.15, 0.2) is 5.78 Å². The van der Waals surface area contributed by atoms with Crippen LogP contribution in [-0.4, -0.2) is 5.78 Å². The SMILES string of the molecule is O=C1CCCC2=C1C(C#Cc1ccccc1)c1cc(F)ccc1O2. The molecule has 1 atom stereocenters. The lowest BCUT2D eigenvalue weighted by Gasteiger charge is -2.30. The van der Waals surface area contributed by atoms with Gasteiger partial charge in [-0.2, -0.15) is 0 Å². The smallest absolute Gasteiger partial charge is 0.163 e. The molecule has 118 valence electrons. The van der Waals surface area contributed by atoms with E-state index < -0.39 is 5.92 Å². The molecule has 0 saturated heterocycles. The highest BCUT2D eigenvalue weighted by Crippen LogP contribution is 2.43. The van der Waals surface area contributed by atoms with E-state index in [1.807, 2.05) is 30.3 Å². The third-order valence-corrected chi connectivity index (χ3v) is 4.35. The Bertz CT molecular complexity index is 900. The van der Waals surface area contributed by atoms with Crippen LogP contribution in [0.15, 0.2) is 59.9 Å². The van der Waals surface area contributed by atoms with Crippen molar-refractivity contribution in [2.75, 3.05) is 0 Å². The Kier molecular flexibility index (Phi) is 3.66. The average Bonchev–Trinajstić information content (AvgIpc) is 2.60. The second-order valence-electron chi connectivity index (χ2n) is 5.97. The lowest BCUT2D eigenvalue weighted by atomic mass is 9.81. The molecule has 0 N–H and O–H groups in total. The van der Waals surface area contributed by atoms with Crippen molar-refractivity contribution in [2.45, 2.75) is 25.2 Å². The number of halogens is 1. The van der Waals surface area contributed by atoms with Crippen LogP contribution in [0.2, 0.25) is 0 Å². The van der Waals surface area contributed by atoms with Crippen LogP contribution in [0.1, 0.15) is 36.3 Å². The zero-order valence-electron chi connectivity index (χ0n) is 13.0. The Morgan fingerprint density at radius 2 is 1.92 bits per heavy atom. The van der Waals surface area contributed by atoms with E-state index in [4.69, 9.17) is 4.74 Å². The van der Waals surface area contributed by atoms with Crippen LogP contribution < -0.4 is 4.74 Å². The van der Waals surface area contributed by atoms with Crippen LogP contribution in [0.25, 0.3) is 0 Å². The minimum atomic E-state index is -0.438. The first kappa shape index (κ1) is 14.7. The Morgan fingerprint density at radius 3 is 2.75 bits per heavy atom. The number of benzene rings is 2. The van der Waals surface area contributed by atoms with Crippen LogP contribution in [0.5, 0.6) is 5.75 Å². The summed E-state index contributed by atoms with van der Waals surface area (Å²) in [5.41, 5.74) is 2.10. The molecule has 0 amide bonds. The summed E-state index contributed by atoms with van der Waals surface area (Å²) in [6, 6.07) is 14.0. The number of ketones is 1. The second-order valence-corrected chi connectivity index (χ2v) is 5.97. The number of rotatable bonds is 0. The van der Waals surface area contributed by atoms with Gasteiger partial charge in [0.05, 0.1) is 11.5 Å². The van der Waals surface area contributed by atoms with Gasteiger partial charge in [0, 0.05) is 24.0 Å². The van der Waals surface area contributed by atoms with Crippen LogP contribution in [0.3, 0.4) is 0 Å². The Balaban J connectivity index is 1.85. The van der Waals surface area contributed by atoms with Crippen molar-refractivity contribution in [1.29, 1.82) is 0 Å². The lowest BCUT2D eigenvalue weighted by Crippen LogP contribution is -2.24. The first-order chi connectivity index (χ1) is 11.7. The third kappa shape index (κ3) is 2.61. The second kappa shape index (κ2) is 5.98. The first-order valence-corrected chi connectivity index (χ1v) is 8.02. The molecule has 3 heteroatoms. The van der Waals surface area contributed by atoms with Crippen LogP contribution in [0, 0.1) is 17.7 Å². The maximum Gasteiger partial charge on any atom is 0.163 e. The topological polar surface area (TPSA) is 26.3 Å². The van der Waals surface area contributed by atoms with Crippen LogP contribution in [-0.2, 0) is 4.79 Å². The number of carbonyl (C=O) groups excluding carboxylic acids is 1. The highest BCUT2D eigenvalue weighted by molar-refractivity contribution is 5.99. The summed E-state index contributed by atoms with van der Waals surface area (Å²) in [5.74, 6) is 6.84. The molecule has 2 aromatic rings. The van der Waals surface area contributed by atoms with Gasteiger partial charge in [-0.15, -0.1) is 0 Å². The van der Waals surface area contributed by atoms with Gasteiger partial charge in [-0.25, -0.2) is 4.39 Å². The van der Waals surface area contributed by atoms with Crippen LogP contribution >= 0.6 is 0 Å². The number of allylic oxidation sites excluding steroid dienone is 2. The number of hydrogen-bond acceptors (Lipinski definition) is 2. The van der Waals surface area contributed by atoms with Gasteiger partial charge >= 0.3 is 0 Å². The van der Waals surface area contributed by atoms with E-state index in [9.17, 15) is 9.18 Å². The zero-order valence-corrected chi connectivity index (χ0v) is 13.0. The summed E-state index contributed by atoms with van der Waals surface area (Å²) in [5, 5.41) is 0. The Hall–Kier alpha value is -2.86. The summed E-state index contributed by atoms with van der Waals surface area (Å²) in [6.07, 6.45) is 2.00. The highest BCUT2D eigenvalue weighted by atomic mass is 19.1. The molecule has 0 saturated carbocycles. The van der Waals surface area contributed by atoms with Crippen molar-refractivity contribution in [3.8, 4) is 17.6 Å². The third-order valence-electron chi connectivity index (χ3n) is 4.35. The molecule has 1 aliphatic carbocycles. The van der Waals surface area contributed by atoms with Gasteiger partial charge in [0.2, 0.25) is 0 Å². The zero-order chi connectivity index (χ0) is 16.5. The van der Waals surface area contributed by atoms with E-state index >= 15 is 0 Å². The average molecular weight is 318 g/mol. The summed E-state index contributed by atoms with van der Waals surface area (Å²) in [4.78, 5) is 12.4. The molecule has 4 rings (SSSR count). The Morgan fingerprint density at radius 1 is 1.08 bits per heavy atom. The van der Waals surface area contributed by atoms with Crippen LogP contribution in [0.4, 0.5) is 4.39 Å². The van der Waals surface area contributed by atoms with Gasteiger partial charge in [-0.1, -0.05) is 30.0 Å². The Labute approximate surface area is 140 Å². The maximum atomic E-state index is 13.7. The van der Waals surface area contributed by atoms with Gasteiger partial charge in [-0.05, 0) is 36.8 Å². The number of hydrogen-bond donors (Lipinski definition) is 0. The summed E-state index contributed by atoms with van der Waals surface area (Å²) >= 11 is 0. The number of Topliss-reactive ketones (excluding diaryl/α,β-unsaturated/α-hetero) is 1. The summed E-state index contributed by atoms with van der Waals surface area (Å²) in [7, 11) is 0. The van der Waals surface area contributed by atoms with E-state index in [0.717, 1.165) is 18.4 Å². The fraction of sp³-hybridized carbons (Fsp3) is 0.190. The van der Waals surface area contributed by atoms with E-state index in [0.29, 0.717) is 29.1 Å². The number of fused-ring (bicyclic) bond motifs is 1. The predicted molar refractivity (Wildman–Crippen MR) is 89.0 cm³/mol. The molecular formula is C21H15FO2. The van der Waals surface area contributed by atoms with Gasteiger partial charge in [-0.3, -0.25) is 4.79 Å². The standard InChI is InChI=1S/C21H15FO2/c22-15-10-12-19-17(13-15)16(11-9-14-5-2-1-3-6-14)21-18(23)7-4-8-20(21)24-19/h1-3,5-6,10,12-13,16H,4,7-8H2. The molecule has 0 aromatic heterocycles. The first-order valence-electron chi connectivity index (χ1n) is 8.02. The quantitative estimate of drug-likeness (QED) is 0.675. The molecule has 0 bridgehead atoms. The largest absolute Gasteiger partial charge is 0.461 e. The van der Waals surface area contributed by atoms with Crippen molar-refractivity contribution in [2.24, 2.45) is 0 Å². The molecule has 2 aliphatic rings. The summed E-state index contributed by atoms with van der Waals surface area (Å²) < 4.78 is 19.6. The molecule has 1 heterocycles.